The first-order valence-electron chi connectivity index (χ1n) is 37.1. The van der Waals surface area contributed by atoms with Crippen LogP contribution in [0.5, 0.6) is 0 Å². The molecule has 0 fully saturated rings. The minimum atomic E-state index is -1.51. The number of unbranched alkanes of at least 4 members (excludes halogenated alkanes) is 35. The smallest absolute Gasteiger partial charge is 0.361 e. The van der Waals surface area contributed by atoms with E-state index in [9.17, 15) is 19.5 Å². The van der Waals surface area contributed by atoms with Gasteiger partial charge in [0, 0.05) is 12.8 Å². The van der Waals surface area contributed by atoms with Gasteiger partial charge in [-0.3, -0.25) is 9.59 Å². The predicted molar refractivity (Wildman–Crippen MR) is 382 cm³/mol. The number of allylic oxidation sites excluding steroid dienone is 18. The summed E-state index contributed by atoms with van der Waals surface area (Å²) in [6.45, 7) is 4.78. The number of ether oxygens (including phenoxy) is 4. The zero-order valence-corrected chi connectivity index (χ0v) is 58.6. The molecule has 0 radical (unpaired) electrons. The summed E-state index contributed by atoms with van der Waals surface area (Å²) >= 11 is 0. The van der Waals surface area contributed by atoms with Gasteiger partial charge in [0.2, 0.25) is 0 Å². The highest BCUT2D eigenvalue weighted by Gasteiger charge is 2.25. The minimum Gasteiger partial charge on any atom is -0.477 e. The molecular weight excluding hydrogens is 1100 g/mol. The van der Waals surface area contributed by atoms with E-state index in [4.69, 9.17) is 18.9 Å². The molecule has 9 nitrogen and oxygen atoms in total. The largest absolute Gasteiger partial charge is 0.477 e. The zero-order valence-electron chi connectivity index (χ0n) is 58.6. The Morgan fingerprint density at radius 2 is 0.640 bits per heavy atom. The molecule has 2 unspecified atom stereocenters. The summed E-state index contributed by atoms with van der Waals surface area (Å²) < 4.78 is 23.0. The van der Waals surface area contributed by atoms with Gasteiger partial charge < -0.3 is 28.5 Å². The average Bonchev–Trinajstić information content (AvgIpc) is 3.64. The fourth-order valence-corrected chi connectivity index (χ4v) is 10.4. The van der Waals surface area contributed by atoms with E-state index in [-0.39, 0.29) is 32.2 Å². The first kappa shape index (κ1) is 85.0. The molecule has 0 aromatic rings. The van der Waals surface area contributed by atoms with Crippen molar-refractivity contribution in [1.82, 2.24) is 0 Å². The van der Waals surface area contributed by atoms with Gasteiger partial charge in [-0.15, -0.1) is 0 Å². The number of esters is 2. The molecular formula is C80H140NO8+. The van der Waals surface area contributed by atoms with Crippen LogP contribution in [0.15, 0.2) is 109 Å². The Bertz CT molecular complexity index is 1830. The minimum absolute atomic E-state index is 0.183. The number of carbonyl (C=O) groups is 3. The van der Waals surface area contributed by atoms with Crippen LogP contribution in [0, 0.1) is 0 Å². The van der Waals surface area contributed by atoms with Crippen LogP contribution in [0.1, 0.15) is 322 Å². The lowest BCUT2D eigenvalue weighted by Gasteiger charge is -2.25. The fourth-order valence-electron chi connectivity index (χ4n) is 10.4. The van der Waals surface area contributed by atoms with Gasteiger partial charge in [-0.1, -0.05) is 316 Å². The van der Waals surface area contributed by atoms with Gasteiger partial charge in [0.15, 0.2) is 6.10 Å². The van der Waals surface area contributed by atoms with E-state index in [0.29, 0.717) is 17.4 Å². The summed E-state index contributed by atoms with van der Waals surface area (Å²) in [7, 11) is 5.98. The number of hydrogen-bond donors (Lipinski definition) is 1. The van der Waals surface area contributed by atoms with E-state index >= 15 is 0 Å². The molecule has 9 heteroatoms. The van der Waals surface area contributed by atoms with Crippen molar-refractivity contribution in [3.63, 3.8) is 0 Å². The second-order valence-electron chi connectivity index (χ2n) is 25.9. The lowest BCUT2D eigenvalue weighted by molar-refractivity contribution is -0.870. The highest BCUT2D eigenvalue weighted by Crippen LogP contribution is 2.18. The zero-order chi connectivity index (χ0) is 64.7. The Kier molecular flexibility index (Phi) is 66.7. The van der Waals surface area contributed by atoms with Crippen molar-refractivity contribution in [1.29, 1.82) is 0 Å². The fraction of sp³-hybridized carbons (Fsp3) is 0.738. The molecule has 0 aromatic heterocycles. The third kappa shape index (κ3) is 71.3. The van der Waals surface area contributed by atoms with Gasteiger partial charge in [-0.25, -0.2) is 4.79 Å². The first-order chi connectivity index (χ1) is 43.6. The summed E-state index contributed by atoms with van der Waals surface area (Å²) in [5, 5.41) is 9.76. The van der Waals surface area contributed by atoms with Crippen LogP contribution < -0.4 is 0 Å². The summed E-state index contributed by atoms with van der Waals surface area (Å²) in [5.74, 6) is -1.99. The van der Waals surface area contributed by atoms with Crippen molar-refractivity contribution in [3.8, 4) is 0 Å². The Balaban J connectivity index is 4.06. The van der Waals surface area contributed by atoms with Crippen molar-refractivity contribution in [2.75, 3.05) is 47.5 Å². The maximum atomic E-state index is 13.0. The van der Waals surface area contributed by atoms with Crippen molar-refractivity contribution < 1.29 is 42.9 Å². The second-order valence-corrected chi connectivity index (χ2v) is 25.9. The van der Waals surface area contributed by atoms with Gasteiger partial charge in [0.1, 0.15) is 13.2 Å². The van der Waals surface area contributed by atoms with Crippen molar-refractivity contribution in [2.24, 2.45) is 0 Å². The van der Waals surface area contributed by atoms with E-state index in [1.54, 1.807) is 0 Å². The summed E-state index contributed by atoms with van der Waals surface area (Å²) in [6, 6.07) is 0. The highest BCUT2D eigenvalue weighted by molar-refractivity contribution is 5.71. The van der Waals surface area contributed by atoms with Crippen molar-refractivity contribution in [2.45, 2.75) is 334 Å². The van der Waals surface area contributed by atoms with Crippen LogP contribution in [0.2, 0.25) is 0 Å². The van der Waals surface area contributed by atoms with E-state index in [1.807, 2.05) is 21.1 Å². The molecule has 0 aliphatic heterocycles. The number of carbonyl (C=O) groups excluding carboxylic acids is 2. The Morgan fingerprint density at radius 3 is 0.955 bits per heavy atom. The number of hydrogen-bond acceptors (Lipinski definition) is 7. The predicted octanol–water partition coefficient (Wildman–Crippen LogP) is 23.4. The molecule has 512 valence electrons. The summed E-state index contributed by atoms with van der Waals surface area (Å²) in [5.41, 5.74) is 0. The van der Waals surface area contributed by atoms with Gasteiger partial charge >= 0.3 is 17.9 Å². The molecule has 0 aliphatic carbocycles. The lowest BCUT2D eigenvalue weighted by atomic mass is 10.0. The number of quaternary nitrogens is 1. The Hall–Kier alpha value is -4.05. The maximum absolute atomic E-state index is 13.0. The Labute approximate surface area is 549 Å². The normalized spacial score (nSPS) is 13.3. The van der Waals surface area contributed by atoms with Gasteiger partial charge in [0.05, 0.1) is 34.4 Å². The molecule has 0 saturated heterocycles. The van der Waals surface area contributed by atoms with Gasteiger partial charge in [-0.05, 0) is 103 Å². The van der Waals surface area contributed by atoms with Gasteiger partial charge in [0.25, 0.3) is 6.29 Å². The van der Waals surface area contributed by atoms with E-state index in [2.05, 4.69) is 123 Å². The molecule has 0 heterocycles. The van der Waals surface area contributed by atoms with Crippen LogP contribution in [-0.4, -0.2) is 87.4 Å². The maximum Gasteiger partial charge on any atom is 0.361 e. The number of aliphatic carboxylic acids is 1. The van der Waals surface area contributed by atoms with E-state index in [1.165, 1.54) is 205 Å². The average molecular weight is 1240 g/mol. The second kappa shape index (κ2) is 69.8. The molecule has 0 aromatic carbocycles. The monoisotopic (exact) mass is 1240 g/mol. The summed E-state index contributed by atoms with van der Waals surface area (Å²) in [4.78, 5) is 37.7. The number of nitrogens with zero attached hydrogens (tertiary/aromatic N) is 1. The first-order valence-corrected chi connectivity index (χ1v) is 37.1. The number of rotatable bonds is 68. The van der Waals surface area contributed by atoms with Crippen LogP contribution in [0.25, 0.3) is 0 Å². The molecule has 0 aliphatic rings. The standard InChI is InChI=1S/C80H139NO8/c1-6-8-10-12-14-16-18-20-22-24-26-28-30-32-33-34-35-36-37-38-39-40-41-42-43-44-45-47-49-51-53-55-57-59-61-63-65-67-69-71-78(83)89-76(75-88-80(79(84)85)86-73-72-81(3,4)5)74-87-77(82)70-68-66-64-62-60-58-56-54-52-50-48-46-31-29-27-25-23-21-19-17-15-13-11-9-7-2/h8,10,14,16,19-22,25-28,32-33,35-36,38-39,76,80H,6-7,9,11-13,15,17-18,23-24,29-31,34,37,40-75H2,1-5H3/p+1/b10-8-,16-14-,21-19-,22-20-,27-25-,28-26-,33-32-,36-35-,39-38-. The van der Waals surface area contributed by atoms with Crippen LogP contribution in [0.3, 0.4) is 0 Å². The molecule has 0 bridgehead atoms. The lowest BCUT2D eigenvalue weighted by Crippen LogP contribution is -2.40. The molecule has 0 rings (SSSR count). The molecule has 2 atom stereocenters. The molecule has 89 heavy (non-hydrogen) atoms. The SMILES string of the molecule is CC/C=C\C/C=C\C/C=C\C/C=C\C/C=C\C/C=C\C/C=C\CCCCCCCCCCCCCCCCCCCC(=O)OC(COC(=O)CCCCCCCCCCCCCCC/C=C\C/C=C\CCCCCCC)COC(OCC[N+](C)(C)C)C(=O)O. The van der Waals surface area contributed by atoms with Gasteiger partial charge in [-0.2, -0.15) is 0 Å². The highest BCUT2D eigenvalue weighted by atomic mass is 16.7. The number of likely N-dealkylation sites (N-methyl/N-ethyl adjacent to an activating group) is 1. The van der Waals surface area contributed by atoms with Crippen LogP contribution in [-0.2, 0) is 33.3 Å². The van der Waals surface area contributed by atoms with Crippen molar-refractivity contribution >= 4 is 17.9 Å². The third-order valence-corrected chi connectivity index (χ3v) is 16.0. The molecule has 0 spiro atoms. The summed E-state index contributed by atoms with van der Waals surface area (Å²) in [6.07, 6.45) is 95.0. The van der Waals surface area contributed by atoms with Crippen molar-refractivity contribution in [3.05, 3.63) is 109 Å². The topological polar surface area (TPSA) is 108 Å². The van der Waals surface area contributed by atoms with E-state index < -0.39 is 24.3 Å². The quantitative estimate of drug-likeness (QED) is 0.0211. The molecule has 0 saturated carbocycles. The van der Waals surface area contributed by atoms with E-state index in [0.717, 1.165) is 89.9 Å². The molecule has 1 N–H and O–H groups in total. The number of carboxylic acid groups (broad SMARTS) is 1. The Morgan fingerprint density at radius 1 is 0.348 bits per heavy atom. The number of carboxylic acids is 1. The molecule has 0 amide bonds. The van der Waals surface area contributed by atoms with Crippen LogP contribution >= 0.6 is 0 Å². The third-order valence-electron chi connectivity index (χ3n) is 16.0. The van der Waals surface area contributed by atoms with Crippen LogP contribution in [0.4, 0.5) is 0 Å².